The fraction of sp³-hybridized carbons (Fsp3) is 0.375. The maximum atomic E-state index is 6.17. The Hall–Kier alpha value is -1.86. The molecule has 3 aromatic rings. The number of hydrogen-bond acceptors (Lipinski definition) is 6. The van der Waals surface area contributed by atoms with Gasteiger partial charge in [0.15, 0.2) is 5.16 Å². The smallest absolute Gasteiger partial charge is 0.237 e. The van der Waals surface area contributed by atoms with Gasteiger partial charge >= 0.3 is 0 Å². The van der Waals surface area contributed by atoms with Crippen LogP contribution < -0.4 is 0 Å². The summed E-state index contributed by atoms with van der Waals surface area (Å²) in [7, 11) is 0. The van der Waals surface area contributed by atoms with Gasteiger partial charge in [0.2, 0.25) is 11.7 Å². The Morgan fingerprint density at radius 2 is 2.12 bits per heavy atom. The summed E-state index contributed by atoms with van der Waals surface area (Å²) in [5.41, 5.74) is 0.770. The van der Waals surface area contributed by atoms with E-state index >= 15 is 0 Å². The second kappa shape index (κ2) is 6.57. The molecule has 24 heavy (non-hydrogen) atoms. The Bertz CT molecular complexity index is 858. The SMILES string of the molecule is CCn1c(SCc2nc(-c3ccccc3Cl)no2)nnc1C1CC1. The zero-order valence-corrected chi connectivity index (χ0v) is 14.7. The van der Waals surface area contributed by atoms with Crippen molar-refractivity contribution >= 4 is 23.4 Å². The minimum Gasteiger partial charge on any atom is -0.338 e. The summed E-state index contributed by atoms with van der Waals surface area (Å²) in [5.74, 6) is 3.30. The molecule has 0 N–H and O–H groups in total. The summed E-state index contributed by atoms with van der Waals surface area (Å²) in [5, 5.41) is 14.2. The fourth-order valence-corrected chi connectivity index (χ4v) is 3.61. The number of halogens is 1. The zero-order valence-electron chi connectivity index (χ0n) is 13.1. The highest BCUT2D eigenvalue weighted by Crippen LogP contribution is 2.40. The number of aromatic nitrogens is 5. The van der Waals surface area contributed by atoms with Crippen LogP contribution in [0.1, 0.15) is 37.4 Å². The minimum atomic E-state index is 0.506. The van der Waals surface area contributed by atoms with E-state index in [0.29, 0.717) is 28.4 Å². The molecule has 0 atom stereocenters. The lowest BCUT2D eigenvalue weighted by molar-refractivity contribution is 0.391. The Morgan fingerprint density at radius 3 is 2.88 bits per heavy atom. The van der Waals surface area contributed by atoms with Crippen molar-refractivity contribution in [3.05, 3.63) is 41.0 Å². The van der Waals surface area contributed by atoms with Gasteiger partial charge in [-0.05, 0) is 31.9 Å². The molecule has 0 amide bonds. The van der Waals surface area contributed by atoms with Gasteiger partial charge in [-0.2, -0.15) is 4.98 Å². The highest BCUT2D eigenvalue weighted by atomic mass is 35.5. The predicted octanol–water partition coefficient (Wildman–Crippen LogP) is 4.17. The van der Waals surface area contributed by atoms with Crippen LogP contribution in [0.4, 0.5) is 0 Å². The molecule has 1 aromatic carbocycles. The summed E-state index contributed by atoms with van der Waals surface area (Å²) in [6.45, 7) is 2.98. The molecule has 0 radical (unpaired) electrons. The monoisotopic (exact) mass is 361 g/mol. The molecule has 2 heterocycles. The van der Waals surface area contributed by atoms with Crippen LogP contribution in [0.3, 0.4) is 0 Å². The molecule has 8 heteroatoms. The first kappa shape index (κ1) is 15.7. The van der Waals surface area contributed by atoms with Crippen LogP contribution in [-0.2, 0) is 12.3 Å². The molecule has 1 aliphatic carbocycles. The molecular weight excluding hydrogens is 346 g/mol. The average molecular weight is 362 g/mol. The van der Waals surface area contributed by atoms with Crippen molar-refractivity contribution in [1.82, 2.24) is 24.9 Å². The van der Waals surface area contributed by atoms with E-state index < -0.39 is 0 Å². The second-order valence-corrected chi connectivity index (χ2v) is 6.99. The van der Waals surface area contributed by atoms with E-state index in [-0.39, 0.29) is 0 Å². The van der Waals surface area contributed by atoms with Crippen LogP contribution in [0.2, 0.25) is 5.02 Å². The molecule has 1 aliphatic rings. The maximum Gasteiger partial charge on any atom is 0.237 e. The first-order chi connectivity index (χ1) is 11.8. The van der Waals surface area contributed by atoms with E-state index in [2.05, 4.69) is 31.8 Å². The third-order valence-corrected chi connectivity index (χ3v) is 5.19. The average Bonchev–Trinajstić information content (AvgIpc) is 3.19. The highest BCUT2D eigenvalue weighted by molar-refractivity contribution is 7.98. The van der Waals surface area contributed by atoms with Gasteiger partial charge in [0.1, 0.15) is 5.82 Å². The van der Waals surface area contributed by atoms with Gasteiger partial charge < -0.3 is 9.09 Å². The van der Waals surface area contributed by atoms with Crippen molar-refractivity contribution in [2.75, 3.05) is 0 Å². The Balaban J connectivity index is 1.48. The van der Waals surface area contributed by atoms with E-state index in [1.165, 1.54) is 12.8 Å². The molecule has 0 aliphatic heterocycles. The van der Waals surface area contributed by atoms with Crippen LogP contribution in [0.5, 0.6) is 0 Å². The van der Waals surface area contributed by atoms with Gasteiger partial charge in [-0.3, -0.25) is 0 Å². The number of hydrogen-bond donors (Lipinski definition) is 0. The van der Waals surface area contributed by atoms with Gasteiger partial charge in [-0.15, -0.1) is 10.2 Å². The van der Waals surface area contributed by atoms with Crippen molar-refractivity contribution in [3.8, 4) is 11.4 Å². The fourth-order valence-electron chi connectivity index (χ4n) is 2.54. The molecule has 0 spiro atoms. The van der Waals surface area contributed by atoms with Crippen molar-refractivity contribution in [1.29, 1.82) is 0 Å². The minimum absolute atomic E-state index is 0.506. The molecule has 124 valence electrons. The lowest BCUT2D eigenvalue weighted by Gasteiger charge is -2.04. The van der Waals surface area contributed by atoms with Crippen LogP contribution in [-0.4, -0.2) is 24.9 Å². The Kier molecular flexibility index (Phi) is 4.28. The molecule has 4 rings (SSSR count). The van der Waals surface area contributed by atoms with Gasteiger partial charge in [-0.25, -0.2) is 0 Å². The molecule has 1 fully saturated rings. The summed E-state index contributed by atoms with van der Waals surface area (Å²) in [6.07, 6.45) is 2.43. The van der Waals surface area contributed by atoms with Gasteiger partial charge in [0.25, 0.3) is 0 Å². The predicted molar refractivity (Wildman–Crippen MR) is 92.0 cm³/mol. The molecular formula is C16H16ClN5OS. The molecule has 0 unspecified atom stereocenters. The van der Waals surface area contributed by atoms with Crippen LogP contribution in [0, 0.1) is 0 Å². The first-order valence-corrected chi connectivity index (χ1v) is 9.26. The van der Waals surface area contributed by atoms with E-state index in [0.717, 1.165) is 23.1 Å². The second-order valence-electron chi connectivity index (χ2n) is 5.64. The first-order valence-electron chi connectivity index (χ1n) is 7.89. The Morgan fingerprint density at radius 1 is 1.29 bits per heavy atom. The standard InChI is InChI=1S/C16H16ClN5OS/c1-2-22-15(10-7-8-10)19-20-16(22)24-9-13-18-14(21-23-13)11-5-3-4-6-12(11)17/h3-6,10H,2,7-9H2,1H3. The largest absolute Gasteiger partial charge is 0.338 e. The maximum absolute atomic E-state index is 6.17. The van der Waals surface area contributed by atoms with Gasteiger partial charge in [0, 0.05) is 18.0 Å². The number of thioether (sulfide) groups is 1. The van der Waals surface area contributed by atoms with E-state index in [1.54, 1.807) is 11.8 Å². The van der Waals surface area contributed by atoms with Crippen molar-refractivity contribution in [2.24, 2.45) is 0 Å². The van der Waals surface area contributed by atoms with Crippen LogP contribution in [0.15, 0.2) is 33.9 Å². The van der Waals surface area contributed by atoms with Crippen molar-refractivity contribution < 1.29 is 4.52 Å². The molecule has 0 saturated heterocycles. The molecule has 2 aromatic heterocycles. The number of nitrogens with zero attached hydrogens (tertiary/aromatic N) is 5. The van der Waals surface area contributed by atoms with Gasteiger partial charge in [0.05, 0.1) is 10.8 Å². The lowest BCUT2D eigenvalue weighted by Crippen LogP contribution is -2.02. The number of rotatable bonds is 6. The topological polar surface area (TPSA) is 69.6 Å². The van der Waals surface area contributed by atoms with E-state index in [1.807, 2.05) is 24.3 Å². The summed E-state index contributed by atoms with van der Waals surface area (Å²) in [6, 6.07) is 7.46. The summed E-state index contributed by atoms with van der Waals surface area (Å²) < 4.78 is 7.51. The molecule has 1 saturated carbocycles. The summed E-state index contributed by atoms with van der Waals surface area (Å²) >= 11 is 7.73. The normalized spacial score (nSPS) is 14.2. The molecule has 0 bridgehead atoms. The van der Waals surface area contributed by atoms with Crippen molar-refractivity contribution in [2.45, 2.75) is 43.1 Å². The van der Waals surface area contributed by atoms with E-state index in [9.17, 15) is 0 Å². The van der Waals surface area contributed by atoms with Crippen LogP contribution >= 0.6 is 23.4 Å². The summed E-state index contributed by atoms with van der Waals surface area (Å²) in [4.78, 5) is 4.43. The highest BCUT2D eigenvalue weighted by Gasteiger charge is 2.30. The van der Waals surface area contributed by atoms with Crippen LogP contribution in [0.25, 0.3) is 11.4 Å². The quantitative estimate of drug-likeness (QED) is 0.613. The molecule has 6 nitrogen and oxygen atoms in total. The third kappa shape index (κ3) is 3.06. The third-order valence-electron chi connectivity index (χ3n) is 3.91. The van der Waals surface area contributed by atoms with Crippen molar-refractivity contribution in [3.63, 3.8) is 0 Å². The van der Waals surface area contributed by atoms with E-state index in [4.69, 9.17) is 16.1 Å². The Labute approximate surface area is 148 Å². The lowest BCUT2D eigenvalue weighted by atomic mass is 10.2. The van der Waals surface area contributed by atoms with Gasteiger partial charge in [-0.1, -0.05) is 40.7 Å². The zero-order chi connectivity index (χ0) is 16.5. The number of benzene rings is 1.